The van der Waals surface area contributed by atoms with E-state index in [-0.39, 0.29) is 23.1 Å². The molecule has 0 spiro atoms. The highest BCUT2D eigenvalue weighted by Crippen LogP contribution is 2.28. The molecule has 2 aromatic rings. The number of aromatic amines is 1. The predicted molar refractivity (Wildman–Crippen MR) is 101 cm³/mol. The quantitative estimate of drug-likeness (QED) is 0.787. The van der Waals surface area contributed by atoms with Crippen LogP contribution < -0.4 is 5.32 Å². The standard InChI is InChI=1S/C18H23FN4O3S/c1-2-11-27(25,26)23-9-7-13(8-10-23)16-12-17(22-21-16)18(24)20-15-6-4-3-5-14(15)19/h3-6,12-13H,2,7-11H2,1H3,(H,20,24)(H,21,22). The molecule has 0 atom stereocenters. The van der Waals surface area contributed by atoms with Crippen LogP contribution in [0.25, 0.3) is 0 Å². The number of hydrogen-bond acceptors (Lipinski definition) is 4. The second-order valence-corrected chi connectivity index (χ2v) is 8.72. The molecule has 2 heterocycles. The van der Waals surface area contributed by atoms with Gasteiger partial charge in [0.05, 0.1) is 11.4 Å². The van der Waals surface area contributed by atoms with Gasteiger partial charge in [-0.3, -0.25) is 9.89 Å². The molecule has 0 aliphatic carbocycles. The van der Waals surface area contributed by atoms with Gasteiger partial charge in [0.1, 0.15) is 5.82 Å². The number of H-pyrrole nitrogens is 1. The molecule has 146 valence electrons. The summed E-state index contributed by atoms with van der Waals surface area (Å²) in [7, 11) is -3.18. The number of anilines is 1. The molecule has 1 aliphatic rings. The molecule has 1 aliphatic heterocycles. The molecular formula is C18H23FN4O3S. The van der Waals surface area contributed by atoms with Gasteiger partial charge in [0, 0.05) is 24.7 Å². The Bertz CT molecular complexity index is 905. The monoisotopic (exact) mass is 394 g/mol. The third kappa shape index (κ3) is 4.54. The number of halogens is 1. The second kappa shape index (κ2) is 8.18. The number of piperidine rings is 1. The van der Waals surface area contributed by atoms with Gasteiger partial charge in [-0.05, 0) is 37.5 Å². The fraction of sp³-hybridized carbons (Fsp3) is 0.444. The Balaban J connectivity index is 1.62. The van der Waals surface area contributed by atoms with E-state index in [1.807, 2.05) is 6.92 Å². The van der Waals surface area contributed by atoms with Crippen LogP contribution in [0.2, 0.25) is 0 Å². The van der Waals surface area contributed by atoms with E-state index in [4.69, 9.17) is 0 Å². The summed E-state index contributed by atoms with van der Waals surface area (Å²) in [5.74, 6) is -0.726. The summed E-state index contributed by atoms with van der Waals surface area (Å²) < 4.78 is 39.5. The van der Waals surface area contributed by atoms with E-state index in [0.717, 1.165) is 5.69 Å². The van der Waals surface area contributed by atoms with Crippen molar-refractivity contribution in [1.82, 2.24) is 14.5 Å². The zero-order valence-corrected chi connectivity index (χ0v) is 15.9. The third-order valence-corrected chi connectivity index (χ3v) is 6.78. The van der Waals surface area contributed by atoms with Crippen LogP contribution in [0.5, 0.6) is 0 Å². The van der Waals surface area contributed by atoms with E-state index >= 15 is 0 Å². The first kappa shape index (κ1) is 19.5. The van der Waals surface area contributed by atoms with Crippen LogP contribution in [-0.2, 0) is 10.0 Å². The molecule has 0 unspecified atom stereocenters. The fourth-order valence-corrected chi connectivity index (χ4v) is 4.78. The Kier molecular flexibility index (Phi) is 5.91. The molecule has 9 heteroatoms. The molecule has 1 aromatic carbocycles. The fourth-order valence-electron chi connectivity index (χ4n) is 3.24. The largest absolute Gasteiger partial charge is 0.318 e. The van der Waals surface area contributed by atoms with Crippen molar-refractivity contribution in [3.05, 3.63) is 47.5 Å². The minimum Gasteiger partial charge on any atom is -0.318 e. The lowest BCUT2D eigenvalue weighted by Gasteiger charge is -2.30. The SMILES string of the molecule is CCCS(=O)(=O)N1CCC(c2cc(C(=O)Nc3ccccc3F)n[nH]2)CC1. The number of para-hydroxylation sites is 1. The van der Waals surface area contributed by atoms with Crippen LogP contribution in [0, 0.1) is 5.82 Å². The summed E-state index contributed by atoms with van der Waals surface area (Å²) in [6.07, 6.45) is 1.93. The van der Waals surface area contributed by atoms with Gasteiger partial charge in [-0.25, -0.2) is 17.1 Å². The number of amides is 1. The average molecular weight is 394 g/mol. The van der Waals surface area contributed by atoms with Crippen LogP contribution in [-0.4, -0.2) is 47.7 Å². The zero-order chi connectivity index (χ0) is 19.4. The second-order valence-electron chi connectivity index (χ2n) is 6.63. The van der Waals surface area contributed by atoms with Gasteiger partial charge >= 0.3 is 0 Å². The highest BCUT2D eigenvalue weighted by Gasteiger charge is 2.29. The molecule has 3 rings (SSSR count). The number of benzene rings is 1. The summed E-state index contributed by atoms with van der Waals surface area (Å²) >= 11 is 0. The Morgan fingerprint density at radius 2 is 2.04 bits per heavy atom. The topological polar surface area (TPSA) is 95.2 Å². The lowest BCUT2D eigenvalue weighted by atomic mass is 9.94. The first-order valence-electron chi connectivity index (χ1n) is 8.99. The maximum atomic E-state index is 13.7. The van der Waals surface area contributed by atoms with Crippen molar-refractivity contribution >= 4 is 21.6 Å². The summed E-state index contributed by atoms with van der Waals surface area (Å²) in [5, 5.41) is 9.39. The van der Waals surface area contributed by atoms with Crippen LogP contribution in [0.4, 0.5) is 10.1 Å². The molecule has 0 radical (unpaired) electrons. The number of hydrogen-bond donors (Lipinski definition) is 2. The molecule has 1 fully saturated rings. The summed E-state index contributed by atoms with van der Waals surface area (Å²) in [4.78, 5) is 12.3. The molecule has 7 nitrogen and oxygen atoms in total. The molecule has 1 saturated heterocycles. The van der Waals surface area contributed by atoms with Crippen molar-refractivity contribution in [1.29, 1.82) is 0 Å². The number of nitrogens with zero attached hydrogens (tertiary/aromatic N) is 2. The van der Waals surface area contributed by atoms with Gasteiger partial charge in [-0.15, -0.1) is 0 Å². The van der Waals surface area contributed by atoms with E-state index in [0.29, 0.717) is 32.4 Å². The van der Waals surface area contributed by atoms with Crippen molar-refractivity contribution in [2.24, 2.45) is 0 Å². The van der Waals surface area contributed by atoms with Gasteiger partial charge in [0.2, 0.25) is 10.0 Å². The molecule has 2 N–H and O–H groups in total. The summed E-state index contributed by atoms with van der Waals surface area (Å²) in [6.45, 7) is 2.77. The third-order valence-electron chi connectivity index (χ3n) is 4.70. The van der Waals surface area contributed by atoms with Gasteiger partial charge in [0.15, 0.2) is 5.69 Å². The molecule has 27 heavy (non-hydrogen) atoms. The van der Waals surface area contributed by atoms with Gasteiger partial charge in [-0.2, -0.15) is 5.10 Å². The van der Waals surface area contributed by atoms with E-state index in [9.17, 15) is 17.6 Å². The molecule has 0 saturated carbocycles. The first-order chi connectivity index (χ1) is 12.9. The maximum absolute atomic E-state index is 13.7. The van der Waals surface area contributed by atoms with E-state index in [2.05, 4.69) is 15.5 Å². The number of sulfonamides is 1. The molecule has 1 aromatic heterocycles. The smallest absolute Gasteiger partial charge is 0.276 e. The normalized spacial score (nSPS) is 16.4. The Labute approximate surface area is 158 Å². The number of carbonyl (C=O) groups excluding carboxylic acids is 1. The lowest BCUT2D eigenvalue weighted by molar-refractivity contribution is 0.102. The Morgan fingerprint density at radius 1 is 1.33 bits per heavy atom. The van der Waals surface area contributed by atoms with Crippen molar-refractivity contribution in [2.45, 2.75) is 32.1 Å². The summed E-state index contributed by atoms with van der Waals surface area (Å²) in [6, 6.07) is 7.58. The van der Waals surface area contributed by atoms with E-state index < -0.39 is 21.7 Å². The van der Waals surface area contributed by atoms with Crippen molar-refractivity contribution in [3.8, 4) is 0 Å². The molecular weight excluding hydrogens is 371 g/mol. The van der Waals surface area contributed by atoms with Gasteiger partial charge in [-0.1, -0.05) is 19.1 Å². The van der Waals surface area contributed by atoms with E-state index in [1.54, 1.807) is 18.2 Å². The molecule has 1 amide bonds. The highest BCUT2D eigenvalue weighted by molar-refractivity contribution is 7.89. The lowest BCUT2D eigenvalue weighted by Crippen LogP contribution is -2.39. The number of nitrogens with one attached hydrogen (secondary N) is 2. The number of aromatic nitrogens is 2. The minimum absolute atomic E-state index is 0.0986. The Hall–Kier alpha value is -2.26. The van der Waals surface area contributed by atoms with Crippen LogP contribution in [0.1, 0.15) is 48.3 Å². The number of carbonyl (C=O) groups is 1. The van der Waals surface area contributed by atoms with Gasteiger partial charge < -0.3 is 5.32 Å². The van der Waals surface area contributed by atoms with Crippen LogP contribution >= 0.6 is 0 Å². The van der Waals surface area contributed by atoms with Crippen LogP contribution in [0.15, 0.2) is 30.3 Å². The van der Waals surface area contributed by atoms with Crippen molar-refractivity contribution in [2.75, 3.05) is 24.2 Å². The van der Waals surface area contributed by atoms with Crippen molar-refractivity contribution < 1.29 is 17.6 Å². The minimum atomic E-state index is -3.18. The first-order valence-corrected chi connectivity index (χ1v) is 10.6. The maximum Gasteiger partial charge on any atom is 0.276 e. The summed E-state index contributed by atoms with van der Waals surface area (Å²) in [5.41, 5.74) is 1.07. The van der Waals surface area contributed by atoms with Gasteiger partial charge in [0.25, 0.3) is 5.91 Å². The van der Waals surface area contributed by atoms with Crippen LogP contribution in [0.3, 0.4) is 0 Å². The van der Waals surface area contributed by atoms with Crippen molar-refractivity contribution in [3.63, 3.8) is 0 Å². The molecule has 0 bridgehead atoms. The Morgan fingerprint density at radius 3 is 2.70 bits per heavy atom. The highest BCUT2D eigenvalue weighted by atomic mass is 32.2. The van der Waals surface area contributed by atoms with E-state index in [1.165, 1.54) is 16.4 Å². The predicted octanol–water partition coefficient (Wildman–Crippen LogP) is 2.72. The number of rotatable bonds is 6. The average Bonchev–Trinajstić information content (AvgIpc) is 3.14. The zero-order valence-electron chi connectivity index (χ0n) is 15.1.